The van der Waals surface area contributed by atoms with Crippen LogP contribution < -0.4 is 9.80 Å². The van der Waals surface area contributed by atoms with E-state index in [1.54, 1.807) is 22.2 Å². The third-order valence-electron chi connectivity index (χ3n) is 10.0. The molecule has 0 bridgehead atoms. The summed E-state index contributed by atoms with van der Waals surface area (Å²) in [4.78, 5) is 20.4. The van der Waals surface area contributed by atoms with Crippen LogP contribution in [-0.2, 0) is 13.3 Å². The molecule has 2 unspecified atom stereocenters. The number of rotatable bonds is 4. The lowest BCUT2D eigenvalue weighted by Crippen LogP contribution is -2.51. The Labute approximate surface area is 290 Å². The van der Waals surface area contributed by atoms with Gasteiger partial charge < -0.3 is 38.5 Å². The summed E-state index contributed by atoms with van der Waals surface area (Å²) < 4.78 is 74.4. The molecule has 2 fully saturated rings. The maximum absolute atomic E-state index is 14.4. The van der Waals surface area contributed by atoms with Crippen molar-refractivity contribution >= 4 is 23.5 Å². The molecule has 15 heteroatoms. The highest BCUT2D eigenvalue weighted by molar-refractivity contribution is 5.57. The molecule has 6 aliphatic rings. The second-order valence-corrected chi connectivity index (χ2v) is 13.1. The molecule has 0 radical (unpaired) electrons. The fraction of sp³-hybridized carbons (Fsp3) is 0.278. The van der Waals surface area contributed by atoms with Gasteiger partial charge >= 0.3 is 0 Å². The smallest absolute Gasteiger partial charge is 0.186 e. The Kier molecular flexibility index (Phi) is 7.51. The van der Waals surface area contributed by atoms with E-state index < -0.39 is 29.1 Å². The van der Waals surface area contributed by atoms with Crippen molar-refractivity contribution in [1.29, 1.82) is 0 Å². The van der Waals surface area contributed by atoms with Crippen LogP contribution in [0.25, 0.3) is 12.2 Å². The summed E-state index contributed by atoms with van der Waals surface area (Å²) in [6.45, 7) is 2.83. The number of fused-ring (bicyclic) bond motifs is 4. The van der Waals surface area contributed by atoms with E-state index in [-0.39, 0.29) is 24.0 Å². The molecule has 2 atom stereocenters. The summed E-state index contributed by atoms with van der Waals surface area (Å²) in [6.07, 6.45) is 21.9. The molecule has 8 heterocycles. The van der Waals surface area contributed by atoms with E-state index in [0.29, 0.717) is 19.4 Å². The number of aromatic nitrogens is 4. The number of hydrogen-bond donors (Lipinski definition) is 0. The number of para-hydroxylation sites is 1. The van der Waals surface area contributed by atoms with Crippen molar-refractivity contribution < 1.29 is 22.0 Å². The summed E-state index contributed by atoms with van der Waals surface area (Å²) in [5.74, 6) is -2.39. The van der Waals surface area contributed by atoms with Crippen LogP contribution in [0.5, 0.6) is 0 Å². The van der Waals surface area contributed by atoms with Gasteiger partial charge in [-0.25, -0.2) is 31.9 Å². The van der Waals surface area contributed by atoms with E-state index in [1.165, 1.54) is 18.2 Å². The van der Waals surface area contributed by atoms with Crippen molar-refractivity contribution in [3.05, 3.63) is 132 Å². The SMILES string of the molecule is Fc1cc(F)c(N2C=C3CCCN3C2N2C=Cc3nccn3C2)cc1F.Fc1cccc(F)c1N1C=C2CCCN2C1N1C=Cc2nccn2C1. The van der Waals surface area contributed by atoms with Gasteiger partial charge in [-0.1, -0.05) is 6.07 Å². The summed E-state index contributed by atoms with van der Waals surface area (Å²) in [5, 5.41) is 0. The monoisotopic (exact) mass is 700 g/mol. The van der Waals surface area contributed by atoms with Crippen LogP contribution >= 0.6 is 0 Å². The molecule has 0 spiro atoms. The van der Waals surface area contributed by atoms with Crippen molar-refractivity contribution in [1.82, 2.24) is 38.7 Å². The van der Waals surface area contributed by atoms with Crippen LogP contribution in [0.3, 0.4) is 0 Å². The summed E-state index contributed by atoms with van der Waals surface area (Å²) in [7, 11) is 0. The highest BCUT2D eigenvalue weighted by Gasteiger charge is 2.42. The quantitative estimate of drug-likeness (QED) is 0.179. The van der Waals surface area contributed by atoms with E-state index in [1.807, 2.05) is 63.4 Å². The van der Waals surface area contributed by atoms with E-state index in [0.717, 1.165) is 67.9 Å². The van der Waals surface area contributed by atoms with Gasteiger partial charge in [-0.15, -0.1) is 0 Å². The lowest BCUT2D eigenvalue weighted by atomic mass is 10.2. The van der Waals surface area contributed by atoms with Gasteiger partial charge in [0.05, 0.1) is 19.0 Å². The lowest BCUT2D eigenvalue weighted by molar-refractivity contribution is 0.109. The van der Waals surface area contributed by atoms with Crippen LogP contribution in [0.15, 0.2) is 91.3 Å². The number of anilines is 2. The molecular weight excluding hydrogens is 667 g/mol. The molecule has 10 nitrogen and oxygen atoms in total. The van der Waals surface area contributed by atoms with E-state index in [9.17, 15) is 22.0 Å². The molecule has 10 rings (SSSR count). The van der Waals surface area contributed by atoms with E-state index in [4.69, 9.17) is 0 Å². The van der Waals surface area contributed by atoms with Gasteiger partial charge in [0, 0.05) is 86.2 Å². The number of hydrogen-bond acceptors (Lipinski definition) is 8. The standard InChI is InChI=1S/C18H16F3N5.C18H17F2N5/c19-13-8-15(21)16(9-14(13)20)26-10-12-2-1-5-25(12)18(26)24-6-3-17-22-4-7-23(17)11-24;19-14-4-1-5-15(20)17(14)25-11-13-3-2-8-24(13)18(25)23-9-6-16-21-7-10-22(16)12-23/h3-4,6-10,18H,1-2,5,11H2;1,4-7,9-11,18H,2-3,8,12H2. The van der Waals surface area contributed by atoms with Crippen LogP contribution in [-0.4, -0.2) is 64.4 Å². The first-order valence-corrected chi connectivity index (χ1v) is 16.8. The zero-order valence-electron chi connectivity index (χ0n) is 27.3. The van der Waals surface area contributed by atoms with E-state index >= 15 is 0 Å². The van der Waals surface area contributed by atoms with E-state index in [2.05, 4.69) is 24.7 Å². The predicted molar refractivity (Wildman–Crippen MR) is 179 cm³/mol. The third-order valence-corrected chi connectivity index (χ3v) is 10.0. The maximum atomic E-state index is 14.4. The molecule has 6 aliphatic heterocycles. The third kappa shape index (κ3) is 5.29. The second kappa shape index (κ2) is 12.2. The fourth-order valence-electron chi connectivity index (χ4n) is 7.76. The van der Waals surface area contributed by atoms with Crippen LogP contribution in [0.4, 0.5) is 33.3 Å². The molecule has 51 heavy (non-hydrogen) atoms. The number of benzene rings is 2. The van der Waals surface area contributed by atoms with Crippen LogP contribution in [0.2, 0.25) is 0 Å². The number of allylic oxidation sites excluding steroid dienone is 2. The van der Waals surface area contributed by atoms with Crippen LogP contribution in [0.1, 0.15) is 37.3 Å². The highest BCUT2D eigenvalue weighted by Crippen LogP contribution is 2.40. The molecule has 262 valence electrons. The van der Waals surface area contributed by atoms with Gasteiger partial charge in [0.1, 0.15) is 34.8 Å². The Morgan fingerprint density at radius 3 is 1.73 bits per heavy atom. The van der Waals surface area contributed by atoms with Crippen molar-refractivity contribution in [3.8, 4) is 0 Å². The molecule has 0 amide bonds. The van der Waals surface area contributed by atoms with Gasteiger partial charge in [-0.3, -0.25) is 0 Å². The van der Waals surface area contributed by atoms with Crippen LogP contribution in [0, 0.1) is 29.1 Å². The van der Waals surface area contributed by atoms with Crippen molar-refractivity contribution in [2.45, 2.75) is 51.6 Å². The van der Waals surface area contributed by atoms with Crippen molar-refractivity contribution in [2.75, 3.05) is 22.9 Å². The van der Waals surface area contributed by atoms with Gasteiger partial charge in [0.2, 0.25) is 0 Å². The average Bonchev–Trinajstić information content (AvgIpc) is 3.96. The van der Waals surface area contributed by atoms with Crippen molar-refractivity contribution in [2.24, 2.45) is 0 Å². The van der Waals surface area contributed by atoms with Gasteiger partial charge in [-0.05, 0) is 50.0 Å². The Bertz CT molecular complexity index is 2100. The zero-order valence-corrected chi connectivity index (χ0v) is 27.3. The molecule has 0 N–H and O–H groups in total. The molecular formula is C36H33F5N10. The molecule has 0 saturated carbocycles. The summed E-state index contributed by atoms with van der Waals surface area (Å²) in [6, 6.07) is 5.53. The zero-order chi connectivity index (χ0) is 34.8. The van der Waals surface area contributed by atoms with Crippen molar-refractivity contribution in [3.63, 3.8) is 0 Å². The average molecular weight is 701 g/mol. The number of nitrogens with zero attached hydrogens (tertiary/aromatic N) is 10. The lowest BCUT2D eigenvalue weighted by Gasteiger charge is -2.41. The summed E-state index contributed by atoms with van der Waals surface area (Å²) >= 11 is 0. The largest absolute Gasteiger partial charge is 0.336 e. The predicted octanol–water partition coefficient (Wildman–Crippen LogP) is 6.43. The molecule has 2 aromatic heterocycles. The van der Waals surface area contributed by atoms with Gasteiger partial charge in [-0.2, -0.15) is 0 Å². The first-order chi connectivity index (χ1) is 24.8. The normalized spacial score (nSPS) is 21.4. The molecule has 4 aromatic rings. The molecule has 0 aliphatic carbocycles. The molecule has 2 saturated heterocycles. The fourth-order valence-corrected chi connectivity index (χ4v) is 7.76. The Balaban J connectivity index is 0.000000137. The number of imidazole rings is 2. The number of halogens is 5. The van der Waals surface area contributed by atoms with Gasteiger partial charge in [0.25, 0.3) is 0 Å². The Hall–Kier alpha value is -5.73. The minimum atomic E-state index is -1.18. The molecule has 2 aromatic carbocycles. The first kappa shape index (κ1) is 31.3. The maximum Gasteiger partial charge on any atom is 0.186 e. The Morgan fingerprint density at radius 2 is 1.14 bits per heavy atom. The minimum Gasteiger partial charge on any atom is -0.336 e. The Morgan fingerprint density at radius 1 is 0.608 bits per heavy atom. The van der Waals surface area contributed by atoms with Gasteiger partial charge in [0.15, 0.2) is 24.2 Å². The summed E-state index contributed by atoms with van der Waals surface area (Å²) in [5.41, 5.74) is 2.22. The first-order valence-electron chi connectivity index (χ1n) is 16.8. The highest BCUT2D eigenvalue weighted by atomic mass is 19.2. The minimum absolute atomic E-state index is 0.000715. The topological polar surface area (TPSA) is 55.1 Å². The second-order valence-electron chi connectivity index (χ2n) is 13.1.